The quantitative estimate of drug-likeness (QED) is 0.875. The average molecular weight is 268 g/mol. The number of rotatable bonds is 2. The minimum absolute atomic E-state index is 0.0214. The maximum Gasteiger partial charge on any atom is 0.142 e. The highest BCUT2D eigenvalue weighted by atomic mass is 35.5. The van der Waals surface area contributed by atoms with Crippen LogP contribution in [-0.2, 0) is 0 Å². The number of halogens is 3. The lowest BCUT2D eigenvalue weighted by atomic mass is 9.98. The lowest BCUT2D eigenvalue weighted by molar-refractivity contribution is 0.619. The van der Waals surface area contributed by atoms with Gasteiger partial charge in [0, 0.05) is 0 Å². The number of aryl methyl sites for hydroxylation is 1. The molecular weight excluding hydrogens is 256 g/mol. The van der Waals surface area contributed by atoms with E-state index in [4.69, 9.17) is 17.3 Å². The second-order valence-corrected chi connectivity index (χ2v) is 4.56. The van der Waals surface area contributed by atoms with Crippen molar-refractivity contribution in [3.05, 3.63) is 69.7 Å². The maximum absolute atomic E-state index is 13.4. The molecule has 0 saturated carbocycles. The third kappa shape index (κ3) is 2.52. The van der Waals surface area contributed by atoms with Gasteiger partial charge in [0.1, 0.15) is 11.6 Å². The van der Waals surface area contributed by atoms with Crippen molar-refractivity contribution in [1.29, 1.82) is 0 Å². The smallest absolute Gasteiger partial charge is 0.142 e. The van der Waals surface area contributed by atoms with Gasteiger partial charge in [0.25, 0.3) is 0 Å². The van der Waals surface area contributed by atoms with Crippen molar-refractivity contribution < 1.29 is 8.78 Å². The molecular formula is C14H12ClF2N. The monoisotopic (exact) mass is 267 g/mol. The van der Waals surface area contributed by atoms with E-state index in [0.29, 0.717) is 11.1 Å². The first-order valence-corrected chi connectivity index (χ1v) is 5.83. The van der Waals surface area contributed by atoms with Gasteiger partial charge in [-0.2, -0.15) is 0 Å². The number of benzene rings is 2. The van der Waals surface area contributed by atoms with Crippen molar-refractivity contribution in [3.8, 4) is 0 Å². The molecule has 0 amide bonds. The first kappa shape index (κ1) is 13.0. The molecule has 1 atom stereocenters. The number of nitrogens with two attached hydrogens (primary N) is 1. The molecule has 2 rings (SSSR count). The van der Waals surface area contributed by atoms with E-state index in [2.05, 4.69) is 0 Å². The summed E-state index contributed by atoms with van der Waals surface area (Å²) in [6.07, 6.45) is 0. The summed E-state index contributed by atoms with van der Waals surface area (Å²) in [4.78, 5) is 0. The molecule has 0 bridgehead atoms. The maximum atomic E-state index is 13.4. The molecule has 2 aromatic carbocycles. The Morgan fingerprint density at radius 2 is 1.89 bits per heavy atom. The Bertz CT molecular complexity index is 564. The molecule has 0 fully saturated rings. The highest BCUT2D eigenvalue weighted by molar-refractivity contribution is 6.31. The molecule has 94 valence electrons. The van der Waals surface area contributed by atoms with Gasteiger partial charge in [-0.3, -0.25) is 0 Å². The molecule has 18 heavy (non-hydrogen) atoms. The van der Waals surface area contributed by atoms with Gasteiger partial charge >= 0.3 is 0 Å². The normalized spacial score (nSPS) is 12.5. The van der Waals surface area contributed by atoms with E-state index < -0.39 is 11.9 Å². The molecule has 2 N–H and O–H groups in total. The zero-order valence-electron chi connectivity index (χ0n) is 9.75. The van der Waals surface area contributed by atoms with Gasteiger partial charge in [-0.15, -0.1) is 0 Å². The van der Waals surface area contributed by atoms with Crippen LogP contribution in [-0.4, -0.2) is 0 Å². The number of hydrogen-bond donors (Lipinski definition) is 1. The molecule has 0 radical (unpaired) electrons. The van der Waals surface area contributed by atoms with Crippen LogP contribution < -0.4 is 5.73 Å². The van der Waals surface area contributed by atoms with Crippen LogP contribution >= 0.6 is 11.6 Å². The van der Waals surface area contributed by atoms with E-state index in [9.17, 15) is 8.78 Å². The van der Waals surface area contributed by atoms with E-state index >= 15 is 0 Å². The Balaban J connectivity index is 2.47. The fraction of sp³-hybridized carbons (Fsp3) is 0.143. The Morgan fingerprint density at radius 3 is 2.56 bits per heavy atom. The van der Waals surface area contributed by atoms with Gasteiger partial charge in [-0.05, 0) is 41.8 Å². The van der Waals surface area contributed by atoms with Crippen LogP contribution in [0.4, 0.5) is 8.78 Å². The molecule has 2 aromatic rings. The Labute approximate surface area is 109 Å². The molecule has 1 unspecified atom stereocenters. The van der Waals surface area contributed by atoms with Gasteiger partial charge in [0.2, 0.25) is 0 Å². The van der Waals surface area contributed by atoms with Crippen LogP contribution in [0.15, 0.2) is 36.4 Å². The summed E-state index contributed by atoms with van der Waals surface area (Å²) in [6, 6.07) is 8.27. The van der Waals surface area contributed by atoms with E-state index in [1.54, 1.807) is 19.1 Å². The lowest BCUT2D eigenvalue weighted by Gasteiger charge is -2.15. The van der Waals surface area contributed by atoms with E-state index in [1.807, 2.05) is 0 Å². The Morgan fingerprint density at radius 1 is 1.17 bits per heavy atom. The van der Waals surface area contributed by atoms with Crippen LogP contribution in [0.5, 0.6) is 0 Å². The van der Waals surface area contributed by atoms with Crippen molar-refractivity contribution in [1.82, 2.24) is 0 Å². The van der Waals surface area contributed by atoms with Crippen LogP contribution in [0, 0.1) is 18.6 Å². The van der Waals surface area contributed by atoms with E-state index in [0.717, 1.165) is 5.56 Å². The van der Waals surface area contributed by atoms with Crippen molar-refractivity contribution in [2.24, 2.45) is 5.73 Å². The van der Waals surface area contributed by atoms with Crippen LogP contribution in [0.25, 0.3) is 0 Å². The second kappa shape index (κ2) is 5.04. The molecule has 4 heteroatoms. The molecule has 0 heterocycles. The molecule has 0 aliphatic heterocycles. The molecule has 0 aromatic heterocycles. The van der Waals surface area contributed by atoms with E-state index in [1.165, 1.54) is 24.3 Å². The van der Waals surface area contributed by atoms with Gasteiger partial charge in [0.15, 0.2) is 0 Å². The standard InChI is InChI=1S/C14H12ClF2N/c1-8-5-9(7-10(16)6-8)14(18)11-3-2-4-12(17)13(11)15/h2-7,14H,18H2,1H3. The van der Waals surface area contributed by atoms with Gasteiger partial charge in [0.05, 0.1) is 11.1 Å². The Kier molecular flexibility index (Phi) is 3.64. The van der Waals surface area contributed by atoms with Crippen LogP contribution in [0.2, 0.25) is 5.02 Å². The van der Waals surface area contributed by atoms with Crippen LogP contribution in [0.3, 0.4) is 0 Å². The predicted octanol–water partition coefficient (Wildman–Crippen LogP) is 3.97. The molecule has 0 aliphatic carbocycles. The molecule has 0 aliphatic rings. The largest absolute Gasteiger partial charge is 0.320 e. The van der Waals surface area contributed by atoms with Crippen molar-refractivity contribution >= 4 is 11.6 Å². The van der Waals surface area contributed by atoms with Gasteiger partial charge in [-0.1, -0.05) is 29.8 Å². The average Bonchev–Trinajstić information content (AvgIpc) is 2.30. The third-order valence-corrected chi connectivity index (χ3v) is 3.14. The third-order valence-electron chi connectivity index (χ3n) is 2.74. The first-order chi connectivity index (χ1) is 8.49. The molecule has 0 saturated heterocycles. The zero-order chi connectivity index (χ0) is 13.3. The van der Waals surface area contributed by atoms with Crippen molar-refractivity contribution in [2.75, 3.05) is 0 Å². The zero-order valence-corrected chi connectivity index (χ0v) is 10.5. The summed E-state index contributed by atoms with van der Waals surface area (Å²) in [7, 11) is 0. The SMILES string of the molecule is Cc1cc(F)cc(C(N)c2cccc(F)c2Cl)c1. The first-order valence-electron chi connectivity index (χ1n) is 5.45. The minimum Gasteiger partial charge on any atom is -0.320 e. The second-order valence-electron chi connectivity index (χ2n) is 4.18. The molecule has 0 spiro atoms. The Hall–Kier alpha value is -1.45. The van der Waals surface area contributed by atoms with E-state index in [-0.39, 0.29) is 10.8 Å². The lowest BCUT2D eigenvalue weighted by Crippen LogP contribution is -2.13. The molecule has 1 nitrogen and oxygen atoms in total. The summed E-state index contributed by atoms with van der Waals surface area (Å²) in [5, 5.41) is -0.0214. The van der Waals surface area contributed by atoms with Gasteiger partial charge in [-0.25, -0.2) is 8.78 Å². The highest BCUT2D eigenvalue weighted by Gasteiger charge is 2.15. The fourth-order valence-electron chi connectivity index (χ4n) is 1.88. The topological polar surface area (TPSA) is 26.0 Å². The number of hydrogen-bond acceptors (Lipinski definition) is 1. The predicted molar refractivity (Wildman–Crippen MR) is 68.6 cm³/mol. The summed E-state index contributed by atoms with van der Waals surface area (Å²) in [5.41, 5.74) is 7.78. The summed E-state index contributed by atoms with van der Waals surface area (Å²) in [5.74, 6) is -0.897. The minimum atomic E-state index is -0.650. The van der Waals surface area contributed by atoms with Crippen LogP contribution in [0.1, 0.15) is 22.7 Å². The van der Waals surface area contributed by atoms with Crippen molar-refractivity contribution in [3.63, 3.8) is 0 Å². The summed E-state index contributed by atoms with van der Waals surface area (Å²) < 4.78 is 26.7. The fourth-order valence-corrected chi connectivity index (χ4v) is 2.13. The highest BCUT2D eigenvalue weighted by Crippen LogP contribution is 2.29. The van der Waals surface area contributed by atoms with Crippen molar-refractivity contribution in [2.45, 2.75) is 13.0 Å². The summed E-state index contributed by atoms with van der Waals surface area (Å²) >= 11 is 5.87. The summed E-state index contributed by atoms with van der Waals surface area (Å²) in [6.45, 7) is 1.77. The van der Waals surface area contributed by atoms with Gasteiger partial charge < -0.3 is 5.73 Å².